The van der Waals surface area contributed by atoms with Crippen LogP contribution in [-0.2, 0) is 9.53 Å². The minimum absolute atomic E-state index is 0.213. The van der Waals surface area contributed by atoms with Crippen molar-refractivity contribution in [1.82, 2.24) is 9.55 Å². The van der Waals surface area contributed by atoms with Crippen LogP contribution >= 0.6 is 27.3 Å². The number of nitrogens with one attached hydrogen (secondary N) is 1. The van der Waals surface area contributed by atoms with Gasteiger partial charge in [-0.05, 0) is 66.5 Å². The van der Waals surface area contributed by atoms with E-state index < -0.39 is 12.0 Å². The van der Waals surface area contributed by atoms with E-state index in [1.54, 1.807) is 25.5 Å². The molecule has 1 aliphatic heterocycles. The Labute approximate surface area is 219 Å². The van der Waals surface area contributed by atoms with Crippen molar-refractivity contribution in [2.24, 2.45) is 4.99 Å². The molecule has 0 saturated carbocycles. The molecule has 7 nitrogen and oxygen atoms in total. The molecular weight excluding hydrogens is 542 g/mol. The number of para-hydroxylation sites is 1. The topological polar surface area (TPSA) is 85.7 Å². The van der Waals surface area contributed by atoms with Gasteiger partial charge in [-0.3, -0.25) is 9.36 Å². The third-order valence-corrected chi connectivity index (χ3v) is 7.83. The highest BCUT2D eigenvalue weighted by molar-refractivity contribution is 9.10. The average molecular weight is 566 g/mol. The van der Waals surface area contributed by atoms with Crippen LogP contribution < -0.4 is 19.6 Å². The van der Waals surface area contributed by atoms with Crippen molar-refractivity contribution in [3.05, 3.63) is 94.7 Å². The molecule has 0 aliphatic carbocycles. The molecule has 0 spiro atoms. The van der Waals surface area contributed by atoms with Crippen LogP contribution in [-0.4, -0.2) is 29.2 Å². The minimum atomic E-state index is -0.686. The van der Waals surface area contributed by atoms with Crippen LogP contribution in [0.15, 0.2) is 68.0 Å². The van der Waals surface area contributed by atoms with Gasteiger partial charge in [0.1, 0.15) is 5.75 Å². The van der Waals surface area contributed by atoms with Gasteiger partial charge in [0, 0.05) is 22.2 Å². The number of fused-ring (bicyclic) bond motifs is 2. The zero-order chi connectivity index (χ0) is 25.6. The fraction of sp³-hybridized carbons (Fsp3) is 0.222. The maximum Gasteiger partial charge on any atom is 0.338 e. The number of hydrogen-bond acceptors (Lipinski definition) is 6. The van der Waals surface area contributed by atoms with Crippen LogP contribution in [0.25, 0.3) is 17.0 Å². The number of ether oxygens (including phenoxy) is 2. The average Bonchev–Trinajstić information content (AvgIpc) is 3.34. The molecule has 3 heterocycles. The van der Waals surface area contributed by atoms with Gasteiger partial charge in [-0.15, -0.1) is 0 Å². The number of carbonyl (C=O) groups excluding carboxylic acids is 1. The number of halogens is 1. The number of carbonyl (C=O) groups is 1. The number of hydrogen-bond donors (Lipinski definition) is 1. The van der Waals surface area contributed by atoms with E-state index in [-0.39, 0.29) is 12.2 Å². The molecular formula is C27H24BrN3O4S. The lowest BCUT2D eigenvalue weighted by Crippen LogP contribution is -2.40. The quantitative estimate of drug-likeness (QED) is 0.364. The minimum Gasteiger partial charge on any atom is -0.496 e. The lowest BCUT2D eigenvalue weighted by Gasteiger charge is -2.25. The summed E-state index contributed by atoms with van der Waals surface area (Å²) in [5.74, 6) is 0.164. The smallest absolute Gasteiger partial charge is 0.338 e. The van der Waals surface area contributed by atoms with Crippen LogP contribution in [0.2, 0.25) is 0 Å². The number of rotatable bonds is 5. The number of esters is 1. The second-order valence-corrected chi connectivity index (χ2v) is 10.3. The summed E-state index contributed by atoms with van der Waals surface area (Å²) in [7, 11) is 1.59. The van der Waals surface area contributed by atoms with E-state index >= 15 is 0 Å². The van der Waals surface area contributed by atoms with Gasteiger partial charge in [0.2, 0.25) is 0 Å². The Bertz CT molecular complexity index is 1730. The van der Waals surface area contributed by atoms with Crippen molar-refractivity contribution in [3.63, 3.8) is 0 Å². The van der Waals surface area contributed by atoms with E-state index in [9.17, 15) is 9.59 Å². The molecule has 4 aromatic rings. The van der Waals surface area contributed by atoms with E-state index in [1.807, 2.05) is 55.5 Å². The van der Waals surface area contributed by atoms with Gasteiger partial charge < -0.3 is 14.5 Å². The highest BCUT2D eigenvalue weighted by Gasteiger charge is 2.33. The van der Waals surface area contributed by atoms with Crippen molar-refractivity contribution in [3.8, 4) is 5.75 Å². The molecule has 0 amide bonds. The number of nitrogens with zero attached hydrogens (tertiary/aromatic N) is 2. The monoisotopic (exact) mass is 565 g/mol. The number of H-pyrrole nitrogens is 1. The van der Waals surface area contributed by atoms with E-state index in [0.717, 1.165) is 32.2 Å². The fourth-order valence-corrected chi connectivity index (χ4v) is 6.16. The number of methoxy groups -OCH3 is 1. The van der Waals surface area contributed by atoms with Crippen molar-refractivity contribution in [2.45, 2.75) is 26.8 Å². The van der Waals surface area contributed by atoms with E-state index in [4.69, 9.17) is 9.47 Å². The Morgan fingerprint density at radius 3 is 2.75 bits per heavy atom. The molecule has 0 fully saturated rings. The molecule has 0 bridgehead atoms. The van der Waals surface area contributed by atoms with Crippen LogP contribution in [0.1, 0.15) is 36.7 Å². The predicted molar refractivity (Wildman–Crippen MR) is 144 cm³/mol. The molecule has 184 valence electrons. The van der Waals surface area contributed by atoms with Crippen molar-refractivity contribution in [2.75, 3.05) is 13.7 Å². The summed E-state index contributed by atoms with van der Waals surface area (Å²) >= 11 is 4.85. The summed E-state index contributed by atoms with van der Waals surface area (Å²) in [5, 5.41) is 1.04. The first-order valence-electron chi connectivity index (χ1n) is 11.4. The number of aromatic nitrogens is 2. The highest BCUT2D eigenvalue weighted by Crippen LogP contribution is 2.35. The maximum absolute atomic E-state index is 13.9. The number of aromatic amines is 1. The molecule has 2 aromatic heterocycles. The number of allylic oxidation sites excluding steroid dienone is 1. The Morgan fingerprint density at radius 1 is 1.25 bits per heavy atom. The fourth-order valence-electron chi connectivity index (χ4n) is 4.58. The van der Waals surface area contributed by atoms with Gasteiger partial charge >= 0.3 is 5.97 Å². The van der Waals surface area contributed by atoms with Crippen LogP contribution in [0.4, 0.5) is 0 Å². The first-order valence-corrected chi connectivity index (χ1v) is 13.0. The Kier molecular flexibility index (Phi) is 6.44. The second-order valence-electron chi connectivity index (χ2n) is 8.41. The number of benzene rings is 2. The standard InChI is InChI=1S/C27H24BrN3O4S/c1-5-35-26(33)23-15(3)30-27-31(24(23)16-10-11-21(34-4)19(28)12-16)25(32)22(36-27)13-18-14(2)29-20-9-7-6-8-17(18)20/h6-13,24,29H,5H2,1-4H3/b22-13+/t24-/m1/s1. The normalized spacial score (nSPS) is 15.7. The Morgan fingerprint density at radius 2 is 2.03 bits per heavy atom. The lowest BCUT2D eigenvalue weighted by molar-refractivity contribution is -0.139. The molecule has 0 unspecified atom stereocenters. The van der Waals surface area contributed by atoms with Gasteiger partial charge in [-0.1, -0.05) is 35.6 Å². The highest BCUT2D eigenvalue weighted by atomic mass is 79.9. The summed E-state index contributed by atoms with van der Waals surface area (Å²) in [6.45, 7) is 5.74. The van der Waals surface area contributed by atoms with Crippen LogP contribution in [0.3, 0.4) is 0 Å². The molecule has 5 rings (SSSR count). The van der Waals surface area contributed by atoms with Gasteiger partial charge in [0.25, 0.3) is 5.56 Å². The molecule has 1 N–H and O–H groups in total. The van der Waals surface area contributed by atoms with Gasteiger partial charge in [-0.25, -0.2) is 9.79 Å². The SMILES string of the molecule is CCOC(=O)C1=C(C)N=c2s/c(=C/c3c(C)[nH]c4ccccc34)c(=O)n2[C@@H]1c1ccc(OC)c(Br)c1. The summed E-state index contributed by atoms with van der Waals surface area (Å²) in [6, 6.07) is 12.8. The summed E-state index contributed by atoms with van der Waals surface area (Å²) in [6.07, 6.45) is 1.91. The van der Waals surface area contributed by atoms with Crippen LogP contribution in [0.5, 0.6) is 5.75 Å². The van der Waals surface area contributed by atoms with Gasteiger partial charge in [-0.2, -0.15) is 0 Å². The lowest BCUT2D eigenvalue weighted by atomic mass is 9.96. The zero-order valence-electron chi connectivity index (χ0n) is 20.2. The summed E-state index contributed by atoms with van der Waals surface area (Å²) in [5.41, 5.74) is 4.35. The third kappa shape index (κ3) is 4.02. The largest absolute Gasteiger partial charge is 0.496 e. The molecule has 2 aromatic carbocycles. The summed E-state index contributed by atoms with van der Waals surface area (Å²) in [4.78, 5) is 35.5. The van der Waals surface area contributed by atoms with Crippen LogP contribution in [0, 0.1) is 6.92 Å². The second kappa shape index (κ2) is 9.55. The van der Waals surface area contributed by atoms with E-state index in [2.05, 4.69) is 25.9 Å². The first kappa shape index (κ1) is 24.3. The van der Waals surface area contributed by atoms with Gasteiger partial charge in [0.15, 0.2) is 4.80 Å². The Balaban J connectivity index is 1.76. The zero-order valence-corrected chi connectivity index (χ0v) is 22.6. The molecule has 1 aliphatic rings. The van der Waals surface area contributed by atoms with Gasteiger partial charge in [0.05, 0.1) is 40.0 Å². The maximum atomic E-state index is 13.9. The predicted octanol–water partition coefficient (Wildman–Crippen LogP) is 4.36. The molecule has 1 atom stereocenters. The third-order valence-electron chi connectivity index (χ3n) is 6.23. The van der Waals surface area contributed by atoms with Crippen molar-refractivity contribution >= 4 is 50.2 Å². The first-order chi connectivity index (χ1) is 17.3. The molecule has 0 radical (unpaired) electrons. The number of aryl methyl sites for hydroxylation is 1. The molecule has 36 heavy (non-hydrogen) atoms. The van der Waals surface area contributed by atoms with Crippen molar-refractivity contribution < 1.29 is 14.3 Å². The van der Waals surface area contributed by atoms with E-state index in [1.165, 1.54) is 11.3 Å². The Hall–Kier alpha value is -3.43. The molecule has 9 heteroatoms. The molecule has 0 saturated heterocycles. The van der Waals surface area contributed by atoms with E-state index in [0.29, 0.717) is 26.4 Å². The number of thiazole rings is 1. The summed E-state index contributed by atoms with van der Waals surface area (Å²) < 4.78 is 13.6. The van der Waals surface area contributed by atoms with Crippen molar-refractivity contribution in [1.29, 1.82) is 0 Å².